The SMILES string of the molecule is CCC1CCC(C(=O)OC2CCC(OC(=O)C3CCC(C(=O)Oc4ccc(OC(=O)C5CCC(C(=O)OC6CCC(OC(=O)C7CCC(CC)CC7)CC6)CC5)c(-c5cccs5)c4)CC3)CC2)CC1. The molecule has 0 unspecified atom stereocenters. The smallest absolute Gasteiger partial charge is 0.314 e. The van der Waals surface area contributed by atoms with E-state index in [4.69, 9.17) is 28.4 Å². The van der Waals surface area contributed by atoms with Crippen molar-refractivity contribution in [2.75, 3.05) is 0 Å². The van der Waals surface area contributed by atoms with Crippen molar-refractivity contribution in [1.82, 2.24) is 0 Å². The Morgan fingerprint density at radius 3 is 1.09 bits per heavy atom. The van der Waals surface area contributed by atoms with E-state index in [2.05, 4.69) is 13.8 Å². The fourth-order valence-electron chi connectivity index (χ4n) is 12.0. The van der Waals surface area contributed by atoms with Crippen molar-refractivity contribution in [1.29, 1.82) is 0 Å². The molecule has 0 aliphatic heterocycles. The van der Waals surface area contributed by atoms with Crippen molar-refractivity contribution in [3.63, 3.8) is 0 Å². The van der Waals surface area contributed by atoms with Crippen LogP contribution in [0, 0.1) is 47.3 Å². The maximum atomic E-state index is 13.6. The van der Waals surface area contributed by atoms with Crippen LogP contribution in [-0.2, 0) is 47.7 Å². The van der Waals surface area contributed by atoms with Gasteiger partial charge in [0, 0.05) is 10.4 Å². The van der Waals surface area contributed by atoms with Crippen LogP contribution in [0.4, 0.5) is 0 Å². The minimum Gasteiger partial charge on any atom is -0.462 e. The molecule has 12 nitrogen and oxygen atoms in total. The third-order valence-corrected chi connectivity index (χ3v) is 17.7. The summed E-state index contributed by atoms with van der Waals surface area (Å²) in [5.74, 6) is -0.225. The second-order valence-corrected chi connectivity index (χ2v) is 22.3. The molecule has 6 aliphatic rings. The van der Waals surface area contributed by atoms with Gasteiger partial charge in [0.2, 0.25) is 0 Å². The van der Waals surface area contributed by atoms with Crippen molar-refractivity contribution in [3.05, 3.63) is 35.7 Å². The second-order valence-electron chi connectivity index (χ2n) is 21.4. The highest BCUT2D eigenvalue weighted by molar-refractivity contribution is 7.13. The largest absolute Gasteiger partial charge is 0.462 e. The zero-order chi connectivity index (χ0) is 48.3. The van der Waals surface area contributed by atoms with E-state index in [-0.39, 0.29) is 95.7 Å². The van der Waals surface area contributed by atoms with Crippen molar-refractivity contribution < 1.29 is 57.2 Å². The lowest BCUT2D eigenvalue weighted by molar-refractivity contribution is -0.165. The van der Waals surface area contributed by atoms with Gasteiger partial charge < -0.3 is 28.4 Å². The molecule has 6 saturated carbocycles. The lowest BCUT2D eigenvalue weighted by Gasteiger charge is -2.32. The first kappa shape index (κ1) is 51.1. The minimum atomic E-state index is -0.358. The number of thiophene rings is 1. The van der Waals surface area contributed by atoms with Crippen molar-refractivity contribution in [2.45, 2.75) is 205 Å². The Bertz CT molecular complexity index is 2020. The van der Waals surface area contributed by atoms with Gasteiger partial charge in [-0.25, -0.2) is 0 Å². The van der Waals surface area contributed by atoms with Crippen molar-refractivity contribution >= 4 is 47.2 Å². The van der Waals surface area contributed by atoms with E-state index in [1.54, 1.807) is 18.2 Å². The van der Waals surface area contributed by atoms with Gasteiger partial charge in [0.25, 0.3) is 0 Å². The molecule has 1 aromatic heterocycles. The molecule has 1 heterocycles. The molecule has 378 valence electrons. The quantitative estimate of drug-likeness (QED) is 0.0946. The first-order valence-corrected chi connectivity index (χ1v) is 27.8. The first-order valence-electron chi connectivity index (χ1n) is 26.9. The van der Waals surface area contributed by atoms with Gasteiger partial charge in [0.05, 0.1) is 35.5 Å². The van der Waals surface area contributed by atoms with Gasteiger partial charge in [-0.2, -0.15) is 0 Å². The summed E-state index contributed by atoms with van der Waals surface area (Å²) in [4.78, 5) is 80.0. The number of carbonyl (C=O) groups excluding carboxylic acids is 6. The molecule has 0 N–H and O–H groups in total. The third-order valence-electron chi connectivity index (χ3n) is 16.8. The molecule has 69 heavy (non-hydrogen) atoms. The molecule has 0 spiro atoms. The zero-order valence-electron chi connectivity index (χ0n) is 41.1. The molecule has 0 saturated heterocycles. The number of carbonyl (C=O) groups is 6. The van der Waals surface area contributed by atoms with Crippen LogP contribution >= 0.6 is 11.3 Å². The number of benzene rings is 1. The summed E-state index contributed by atoms with van der Waals surface area (Å²) in [5.41, 5.74) is 0.650. The molecule has 6 fully saturated rings. The molecule has 0 bridgehead atoms. The Labute approximate surface area is 413 Å². The zero-order valence-corrected chi connectivity index (χ0v) is 41.9. The predicted octanol–water partition coefficient (Wildman–Crippen LogP) is 12.1. The Kier molecular flexibility index (Phi) is 18.3. The fourth-order valence-corrected chi connectivity index (χ4v) is 12.7. The molecule has 8 rings (SSSR count). The summed E-state index contributed by atoms with van der Waals surface area (Å²) in [6, 6.07) is 8.91. The van der Waals surface area contributed by atoms with E-state index < -0.39 is 0 Å². The topological polar surface area (TPSA) is 158 Å². The average molecular weight is 973 g/mol. The second kappa shape index (κ2) is 24.7. The lowest BCUT2D eigenvalue weighted by atomic mass is 9.81. The standard InChI is InChI=1S/C56H76O12S/c1-3-35-7-11-37(12-8-35)51(57)63-43-23-27-45(28-24-43)65-53(59)39-15-17-41(18-16-39)55(61)67-47-31-32-49(48(34-47)50-6-5-33-69-50)68-56(62)42-21-19-40(20-22-42)54(60)66-46-29-25-44(26-30-46)64-52(58)38-13-9-36(4-2)10-14-38/h5-6,31-46H,3-4,7-30H2,1-2H3. The summed E-state index contributed by atoms with van der Waals surface area (Å²) in [6.07, 6.45) is 19.7. The monoisotopic (exact) mass is 973 g/mol. The molecule has 1 aromatic carbocycles. The summed E-state index contributed by atoms with van der Waals surface area (Å²) < 4.78 is 35.7. The van der Waals surface area contributed by atoms with E-state index in [0.29, 0.717) is 120 Å². The molecule has 2 aromatic rings. The normalized spacial score (nSPS) is 31.9. The average Bonchev–Trinajstić information content (AvgIpc) is 3.93. The number of esters is 6. The first-order chi connectivity index (χ1) is 33.5. The maximum absolute atomic E-state index is 13.6. The van der Waals surface area contributed by atoms with E-state index >= 15 is 0 Å². The van der Waals surface area contributed by atoms with Gasteiger partial charge in [0.1, 0.15) is 35.9 Å². The summed E-state index contributed by atoms with van der Waals surface area (Å²) in [7, 11) is 0. The van der Waals surface area contributed by atoms with Crippen LogP contribution in [-0.4, -0.2) is 60.2 Å². The molecule has 13 heteroatoms. The van der Waals surface area contributed by atoms with Gasteiger partial charge in [0.15, 0.2) is 0 Å². The van der Waals surface area contributed by atoms with Crippen LogP contribution in [0.25, 0.3) is 10.4 Å². The van der Waals surface area contributed by atoms with Crippen LogP contribution < -0.4 is 9.47 Å². The minimum absolute atomic E-state index is 0.0184. The van der Waals surface area contributed by atoms with Crippen LogP contribution in [0.1, 0.15) is 181 Å². The van der Waals surface area contributed by atoms with E-state index in [1.807, 2.05) is 17.5 Å². The highest BCUT2D eigenvalue weighted by Crippen LogP contribution is 2.40. The lowest BCUT2D eigenvalue weighted by Crippen LogP contribution is -2.35. The maximum Gasteiger partial charge on any atom is 0.314 e. The summed E-state index contributed by atoms with van der Waals surface area (Å²) >= 11 is 1.49. The summed E-state index contributed by atoms with van der Waals surface area (Å²) in [5, 5.41) is 1.94. The fraction of sp³-hybridized carbons (Fsp3) is 0.714. The van der Waals surface area contributed by atoms with E-state index in [9.17, 15) is 28.8 Å². The molecule has 0 atom stereocenters. The van der Waals surface area contributed by atoms with Crippen LogP contribution in [0.15, 0.2) is 35.7 Å². The van der Waals surface area contributed by atoms with Gasteiger partial charge in [-0.15, -0.1) is 11.3 Å². The number of hydrogen-bond acceptors (Lipinski definition) is 13. The van der Waals surface area contributed by atoms with E-state index in [1.165, 1.54) is 24.2 Å². The van der Waals surface area contributed by atoms with Crippen LogP contribution in [0.2, 0.25) is 0 Å². The number of ether oxygens (including phenoxy) is 6. The van der Waals surface area contributed by atoms with Gasteiger partial charge in [-0.05, 0) is 196 Å². The molecular weight excluding hydrogens is 897 g/mol. The van der Waals surface area contributed by atoms with Crippen molar-refractivity contribution in [3.8, 4) is 21.9 Å². The Morgan fingerprint density at radius 1 is 0.420 bits per heavy atom. The molecule has 0 radical (unpaired) electrons. The Hall–Kier alpha value is -4.26. The van der Waals surface area contributed by atoms with Crippen LogP contribution in [0.3, 0.4) is 0 Å². The highest BCUT2D eigenvalue weighted by atomic mass is 32.1. The molecular formula is C56H76O12S. The number of rotatable bonds is 15. The van der Waals surface area contributed by atoms with E-state index in [0.717, 1.165) is 68.1 Å². The van der Waals surface area contributed by atoms with Gasteiger partial charge in [-0.3, -0.25) is 28.8 Å². The number of hydrogen-bond donors (Lipinski definition) is 0. The Balaban J connectivity index is 0.732. The Morgan fingerprint density at radius 2 is 0.754 bits per heavy atom. The highest BCUT2D eigenvalue weighted by Gasteiger charge is 2.38. The van der Waals surface area contributed by atoms with Gasteiger partial charge >= 0.3 is 35.8 Å². The predicted molar refractivity (Wildman–Crippen MR) is 260 cm³/mol. The summed E-state index contributed by atoms with van der Waals surface area (Å²) in [6.45, 7) is 4.43. The van der Waals surface area contributed by atoms with Crippen LogP contribution in [0.5, 0.6) is 11.5 Å². The third kappa shape index (κ3) is 14.0. The van der Waals surface area contributed by atoms with Gasteiger partial charge in [-0.1, -0.05) is 32.8 Å². The molecule has 0 amide bonds. The molecule has 6 aliphatic carbocycles. The van der Waals surface area contributed by atoms with Crippen molar-refractivity contribution in [2.24, 2.45) is 47.3 Å².